The number of hydrogen-bond donors (Lipinski definition) is 0. The molecular weight excluding hydrogens is 290 g/mol. The van der Waals surface area contributed by atoms with E-state index in [1.54, 1.807) is 0 Å². The van der Waals surface area contributed by atoms with Gasteiger partial charge in [-0.2, -0.15) is 0 Å². The van der Waals surface area contributed by atoms with Crippen LogP contribution in [0.2, 0.25) is 0 Å². The molecule has 0 spiro atoms. The second kappa shape index (κ2) is 7.91. The Hall–Kier alpha value is 0.680. The fraction of sp³-hybridized carbons (Fsp3) is 1.00. The third kappa shape index (κ3) is 6.22. The minimum atomic E-state index is -3.18. The number of rotatable bonds is 8. The summed E-state index contributed by atoms with van der Waals surface area (Å²) in [5.41, 5.74) is 0. The van der Waals surface area contributed by atoms with Crippen molar-refractivity contribution in [2.45, 2.75) is 32.6 Å². The van der Waals surface area contributed by atoms with Crippen molar-refractivity contribution in [2.75, 3.05) is 18.2 Å². The minimum absolute atomic E-state index is 0.00637. The van der Waals surface area contributed by atoms with Crippen molar-refractivity contribution in [1.29, 1.82) is 0 Å². The van der Waals surface area contributed by atoms with Crippen LogP contribution in [-0.4, -0.2) is 29.9 Å². The summed E-state index contributed by atoms with van der Waals surface area (Å²) in [6, 6.07) is 0. The molecular formula is C8H17BrClNO2S. The lowest BCUT2D eigenvalue weighted by Crippen LogP contribution is -2.25. The van der Waals surface area contributed by atoms with Gasteiger partial charge in [-0.25, -0.2) is 8.42 Å². The van der Waals surface area contributed by atoms with E-state index in [2.05, 4.69) is 23.1 Å². The SMILES string of the molecule is CCCCCCN(Br)S(=O)(=O)CCCl. The number of alkyl halides is 1. The molecule has 86 valence electrons. The van der Waals surface area contributed by atoms with Crippen LogP contribution >= 0.6 is 27.7 Å². The van der Waals surface area contributed by atoms with Crippen LogP contribution < -0.4 is 0 Å². The van der Waals surface area contributed by atoms with E-state index < -0.39 is 10.0 Å². The molecule has 0 bridgehead atoms. The summed E-state index contributed by atoms with van der Waals surface area (Å²) in [7, 11) is -3.18. The molecule has 0 saturated heterocycles. The lowest BCUT2D eigenvalue weighted by molar-refractivity contribution is 0.531. The second-order valence-corrected chi connectivity index (χ2v) is 6.79. The average Bonchev–Trinajstić information content (AvgIpc) is 2.12. The van der Waals surface area contributed by atoms with E-state index in [1.165, 1.54) is 3.33 Å². The van der Waals surface area contributed by atoms with E-state index in [1.807, 2.05) is 0 Å². The summed E-state index contributed by atoms with van der Waals surface area (Å²) in [5, 5.41) is 0. The Morgan fingerprint density at radius 2 is 1.93 bits per heavy atom. The number of nitrogens with zero attached hydrogens (tertiary/aromatic N) is 1. The fourth-order valence-corrected chi connectivity index (χ4v) is 3.07. The van der Waals surface area contributed by atoms with Crippen molar-refractivity contribution < 1.29 is 8.42 Å². The summed E-state index contributed by atoms with van der Waals surface area (Å²) < 4.78 is 24.0. The Morgan fingerprint density at radius 3 is 2.43 bits per heavy atom. The quantitative estimate of drug-likeness (QED) is 0.393. The van der Waals surface area contributed by atoms with Gasteiger partial charge in [0.2, 0.25) is 10.0 Å². The van der Waals surface area contributed by atoms with Crippen molar-refractivity contribution >= 4 is 37.8 Å². The molecule has 0 radical (unpaired) electrons. The van der Waals surface area contributed by atoms with E-state index in [9.17, 15) is 8.42 Å². The summed E-state index contributed by atoms with van der Waals surface area (Å²) in [6.45, 7) is 2.65. The zero-order chi connectivity index (χ0) is 11.0. The molecule has 0 N–H and O–H groups in total. The van der Waals surface area contributed by atoms with Gasteiger partial charge in [0.15, 0.2) is 0 Å². The highest BCUT2D eigenvalue weighted by Crippen LogP contribution is 2.11. The Labute approximate surface area is 100 Å². The van der Waals surface area contributed by atoms with Crippen molar-refractivity contribution in [3.05, 3.63) is 0 Å². The molecule has 3 nitrogen and oxygen atoms in total. The Morgan fingerprint density at radius 1 is 1.29 bits per heavy atom. The van der Waals surface area contributed by atoms with Gasteiger partial charge < -0.3 is 0 Å². The van der Waals surface area contributed by atoms with Crippen molar-refractivity contribution in [1.82, 2.24) is 3.33 Å². The molecule has 0 fully saturated rings. The van der Waals surface area contributed by atoms with Crippen molar-refractivity contribution in [2.24, 2.45) is 0 Å². The molecule has 0 rings (SSSR count). The van der Waals surface area contributed by atoms with E-state index in [-0.39, 0.29) is 11.6 Å². The summed E-state index contributed by atoms with van der Waals surface area (Å²) >= 11 is 8.43. The molecule has 0 unspecified atom stereocenters. The summed E-state index contributed by atoms with van der Waals surface area (Å²) in [6.07, 6.45) is 4.25. The molecule has 0 amide bonds. The standard InChI is InChI=1S/C8H17BrClNO2S/c1-2-3-4-5-7-11(9)14(12,13)8-6-10/h2-8H2,1H3. The summed E-state index contributed by atoms with van der Waals surface area (Å²) in [4.78, 5) is 0. The number of halogens is 2. The number of hydrogen-bond acceptors (Lipinski definition) is 2. The van der Waals surface area contributed by atoms with E-state index >= 15 is 0 Å². The third-order valence-electron chi connectivity index (χ3n) is 1.82. The second-order valence-electron chi connectivity index (χ2n) is 3.08. The smallest absolute Gasteiger partial charge is 0.211 e. The third-order valence-corrected chi connectivity index (χ3v) is 5.42. The van der Waals surface area contributed by atoms with Crippen LogP contribution in [0.5, 0.6) is 0 Å². The average molecular weight is 307 g/mol. The topological polar surface area (TPSA) is 37.4 Å². The Bertz CT molecular complexity index is 233. The molecule has 0 aliphatic rings. The molecule has 0 aromatic carbocycles. The highest BCUT2D eigenvalue weighted by Gasteiger charge is 2.17. The van der Waals surface area contributed by atoms with E-state index in [0.29, 0.717) is 6.54 Å². The number of unbranched alkanes of at least 4 members (excludes halogenated alkanes) is 3. The lowest BCUT2D eigenvalue weighted by atomic mass is 10.2. The first-order valence-corrected chi connectivity index (χ1v) is 7.62. The predicted octanol–water partition coefficient (Wildman–Crippen LogP) is 2.75. The maximum absolute atomic E-state index is 11.4. The van der Waals surface area contributed by atoms with Gasteiger partial charge in [-0.3, -0.25) is 0 Å². The van der Waals surface area contributed by atoms with Gasteiger partial charge >= 0.3 is 0 Å². The van der Waals surface area contributed by atoms with Gasteiger partial charge in [0.1, 0.15) is 0 Å². The van der Waals surface area contributed by atoms with Gasteiger partial charge in [-0.05, 0) is 6.42 Å². The highest BCUT2D eigenvalue weighted by atomic mass is 79.9. The summed E-state index contributed by atoms with van der Waals surface area (Å²) in [5.74, 6) is 0.132. The van der Waals surface area contributed by atoms with Crippen LogP contribution in [0.4, 0.5) is 0 Å². The predicted molar refractivity (Wildman–Crippen MR) is 64.3 cm³/mol. The molecule has 0 saturated carbocycles. The van der Waals surface area contributed by atoms with E-state index in [4.69, 9.17) is 11.6 Å². The van der Waals surface area contributed by atoms with E-state index in [0.717, 1.165) is 25.7 Å². The van der Waals surface area contributed by atoms with Gasteiger partial charge in [0.25, 0.3) is 0 Å². The first kappa shape index (κ1) is 14.7. The molecule has 0 aromatic rings. The van der Waals surface area contributed by atoms with Crippen molar-refractivity contribution in [3.63, 3.8) is 0 Å². The monoisotopic (exact) mass is 305 g/mol. The van der Waals surface area contributed by atoms with Gasteiger partial charge in [0, 0.05) is 28.6 Å². The molecule has 0 aliphatic carbocycles. The van der Waals surface area contributed by atoms with Crippen LogP contribution in [0.1, 0.15) is 32.6 Å². The maximum Gasteiger partial charge on any atom is 0.224 e. The van der Waals surface area contributed by atoms with Gasteiger partial charge in [-0.1, -0.05) is 26.2 Å². The maximum atomic E-state index is 11.4. The zero-order valence-corrected chi connectivity index (χ0v) is 11.5. The first-order valence-electron chi connectivity index (χ1n) is 4.76. The Kier molecular flexibility index (Phi) is 8.29. The van der Waals surface area contributed by atoms with Crippen LogP contribution in [0.25, 0.3) is 0 Å². The molecule has 6 heteroatoms. The number of sulfonamides is 1. The fourth-order valence-electron chi connectivity index (χ4n) is 0.999. The van der Waals surface area contributed by atoms with Gasteiger partial charge in [0.05, 0.1) is 5.75 Å². The van der Waals surface area contributed by atoms with Crippen molar-refractivity contribution in [3.8, 4) is 0 Å². The molecule has 0 heterocycles. The van der Waals surface area contributed by atoms with Crippen LogP contribution in [0.15, 0.2) is 0 Å². The van der Waals surface area contributed by atoms with Crippen LogP contribution in [-0.2, 0) is 10.0 Å². The molecule has 0 atom stereocenters. The normalized spacial score (nSPS) is 12.3. The molecule has 14 heavy (non-hydrogen) atoms. The van der Waals surface area contributed by atoms with Gasteiger partial charge in [-0.15, -0.1) is 14.9 Å². The minimum Gasteiger partial charge on any atom is -0.211 e. The molecule has 0 aliphatic heterocycles. The highest BCUT2D eigenvalue weighted by molar-refractivity contribution is 9.08. The van der Waals surface area contributed by atoms with Crippen LogP contribution in [0, 0.1) is 0 Å². The first-order chi connectivity index (χ1) is 6.54. The van der Waals surface area contributed by atoms with Crippen LogP contribution in [0.3, 0.4) is 0 Å². The Balaban J connectivity index is 3.78. The molecule has 0 aromatic heterocycles. The largest absolute Gasteiger partial charge is 0.224 e. The zero-order valence-electron chi connectivity index (χ0n) is 8.38. The lowest BCUT2D eigenvalue weighted by Gasteiger charge is -2.13.